The van der Waals surface area contributed by atoms with Gasteiger partial charge in [-0.1, -0.05) is 0 Å². The van der Waals surface area contributed by atoms with Crippen LogP contribution in [0.4, 0.5) is 0 Å². The lowest BCUT2D eigenvalue weighted by Gasteiger charge is -1.95. The summed E-state index contributed by atoms with van der Waals surface area (Å²) >= 11 is 3.15. The first-order valence-corrected chi connectivity index (χ1v) is 6.88. The molecule has 0 aliphatic heterocycles. The lowest BCUT2D eigenvalue weighted by atomic mass is 10.2. The minimum absolute atomic E-state index is 0.204. The van der Waals surface area contributed by atoms with Gasteiger partial charge in [0.2, 0.25) is 0 Å². The summed E-state index contributed by atoms with van der Waals surface area (Å²) in [6, 6.07) is 0. The highest BCUT2D eigenvalue weighted by Crippen LogP contribution is 2.27. The van der Waals surface area contributed by atoms with Crippen molar-refractivity contribution in [2.45, 2.75) is 19.8 Å². The maximum Gasteiger partial charge on any atom is 0.305 e. The van der Waals surface area contributed by atoms with E-state index in [1.807, 2.05) is 17.7 Å². The molecule has 0 atom stereocenters. The normalized spacial score (nSPS) is 10.5. The second-order valence-electron chi connectivity index (χ2n) is 3.51. The molecule has 2 heterocycles. The molecule has 0 N–H and O–H groups in total. The Morgan fingerprint density at radius 2 is 2.00 bits per heavy atom. The number of methoxy groups -OCH3 is 1. The topological polar surface area (TPSA) is 52.1 Å². The zero-order chi connectivity index (χ0) is 12.3. The van der Waals surface area contributed by atoms with Gasteiger partial charge in [-0.3, -0.25) is 4.79 Å². The molecule has 0 amide bonds. The van der Waals surface area contributed by atoms with E-state index in [0.29, 0.717) is 12.8 Å². The van der Waals surface area contributed by atoms with E-state index >= 15 is 0 Å². The van der Waals surface area contributed by atoms with Gasteiger partial charge in [0.25, 0.3) is 0 Å². The van der Waals surface area contributed by atoms with Crippen LogP contribution in [-0.4, -0.2) is 23.0 Å². The average molecular weight is 268 g/mol. The van der Waals surface area contributed by atoms with E-state index < -0.39 is 0 Å². The molecule has 0 saturated carbocycles. The Balaban J connectivity index is 2.03. The molecule has 0 unspecified atom stereocenters. The molecule has 0 spiro atoms. The second kappa shape index (κ2) is 5.37. The Kier molecular flexibility index (Phi) is 3.86. The number of aromatic nitrogens is 2. The number of hydrogen-bond donors (Lipinski definition) is 0. The van der Waals surface area contributed by atoms with Crippen LogP contribution in [0.25, 0.3) is 10.0 Å². The predicted octanol–water partition coefficient (Wildman–Crippen LogP) is 2.68. The quantitative estimate of drug-likeness (QED) is 0.800. The van der Waals surface area contributed by atoms with Gasteiger partial charge in [0.15, 0.2) is 10.0 Å². The van der Waals surface area contributed by atoms with E-state index in [1.54, 1.807) is 22.7 Å². The van der Waals surface area contributed by atoms with Gasteiger partial charge in [-0.2, -0.15) is 0 Å². The van der Waals surface area contributed by atoms with Crippen LogP contribution < -0.4 is 0 Å². The molecular weight excluding hydrogens is 256 g/mol. The van der Waals surface area contributed by atoms with Crippen LogP contribution in [0.5, 0.6) is 0 Å². The van der Waals surface area contributed by atoms with E-state index in [4.69, 9.17) is 0 Å². The standard InChI is InChI=1S/C11H12N2O2S2/c1-7-5-16-10(12-7)11-13-8(6-17-11)3-4-9(14)15-2/h5-6H,3-4H2,1-2H3. The first kappa shape index (κ1) is 12.2. The number of thiazole rings is 2. The van der Waals surface area contributed by atoms with E-state index in [2.05, 4.69) is 14.7 Å². The lowest BCUT2D eigenvalue weighted by molar-refractivity contribution is -0.140. The molecule has 0 fully saturated rings. The molecule has 0 bridgehead atoms. The van der Waals surface area contributed by atoms with Crippen molar-refractivity contribution in [3.8, 4) is 10.0 Å². The van der Waals surface area contributed by atoms with Crippen molar-refractivity contribution in [1.29, 1.82) is 0 Å². The van der Waals surface area contributed by atoms with Crippen LogP contribution >= 0.6 is 22.7 Å². The Bertz CT molecular complexity index is 519. The van der Waals surface area contributed by atoms with Gasteiger partial charge in [-0.05, 0) is 6.92 Å². The third kappa shape index (κ3) is 3.10. The molecule has 2 aromatic heterocycles. The van der Waals surface area contributed by atoms with Gasteiger partial charge in [-0.25, -0.2) is 9.97 Å². The fraction of sp³-hybridized carbons (Fsp3) is 0.364. The van der Waals surface area contributed by atoms with E-state index in [9.17, 15) is 4.79 Å². The van der Waals surface area contributed by atoms with Crippen molar-refractivity contribution >= 4 is 28.6 Å². The Morgan fingerprint density at radius 3 is 2.65 bits per heavy atom. The summed E-state index contributed by atoms with van der Waals surface area (Å²) < 4.78 is 4.59. The molecule has 0 aromatic carbocycles. The Morgan fingerprint density at radius 1 is 1.29 bits per heavy atom. The van der Waals surface area contributed by atoms with Gasteiger partial charge < -0.3 is 4.74 Å². The first-order valence-electron chi connectivity index (χ1n) is 5.13. The van der Waals surface area contributed by atoms with Crippen LogP contribution in [0.1, 0.15) is 17.8 Å². The minimum Gasteiger partial charge on any atom is -0.469 e. The molecule has 0 saturated heterocycles. The monoisotopic (exact) mass is 268 g/mol. The zero-order valence-electron chi connectivity index (χ0n) is 9.60. The minimum atomic E-state index is -0.204. The summed E-state index contributed by atoms with van der Waals surface area (Å²) in [6.07, 6.45) is 0.990. The average Bonchev–Trinajstić information content (AvgIpc) is 2.94. The van der Waals surface area contributed by atoms with E-state index in [0.717, 1.165) is 21.4 Å². The molecule has 17 heavy (non-hydrogen) atoms. The van der Waals surface area contributed by atoms with Crippen LogP contribution in [0.3, 0.4) is 0 Å². The third-order valence-electron chi connectivity index (χ3n) is 2.17. The number of esters is 1. The Labute approximate surface area is 107 Å². The van der Waals surface area contributed by atoms with Gasteiger partial charge in [-0.15, -0.1) is 22.7 Å². The smallest absolute Gasteiger partial charge is 0.305 e. The summed E-state index contributed by atoms with van der Waals surface area (Å²) in [6.45, 7) is 1.96. The highest BCUT2D eigenvalue weighted by atomic mass is 32.1. The Hall–Kier alpha value is -1.27. The van der Waals surface area contributed by atoms with Gasteiger partial charge in [0.05, 0.1) is 19.2 Å². The molecule has 2 rings (SSSR count). The molecule has 6 heteroatoms. The van der Waals surface area contributed by atoms with Gasteiger partial charge in [0, 0.05) is 22.9 Å². The number of carbonyl (C=O) groups is 1. The summed E-state index contributed by atoms with van der Waals surface area (Å²) in [5.74, 6) is -0.204. The molecule has 4 nitrogen and oxygen atoms in total. The second-order valence-corrected chi connectivity index (χ2v) is 5.23. The van der Waals surface area contributed by atoms with Crippen molar-refractivity contribution < 1.29 is 9.53 Å². The molecular formula is C11H12N2O2S2. The SMILES string of the molecule is COC(=O)CCc1csc(-c2nc(C)cs2)n1. The van der Waals surface area contributed by atoms with Crippen molar-refractivity contribution in [2.75, 3.05) is 7.11 Å². The van der Waals surface area contributed by atoms with Crippen LogP contribution in [0.15, 0.2) is 10.8 Å². The highest BCUT2D eigenvalue weighted by molar-refractivity contribution is 7.19. The van der Waals surface area contributed by atoms with Crippen molar-refractivity contribution in [3.05, 3.63) is 22.1 Å². The summed E-state index contributed by atoms with van der Waals surface area (Å²) in [7, 11) is 1.40. The molecule has 90 valence electrons. The first-order chi connectivity index (χ1) is 8.19. The fourth-order valence-electron chi connectivity index (χ4n) is 1.30. The number of ether oxygens (including phenoxy) is 1. The summed E-state index contributed by atoms with van der Waals surface area (Å²) in [4.78, 5) is 19.8. The van der Waals surface area contributed by atoms with Crippen LogP contribution in [0.2, 0.25) is 0 Å². The zero-order valence-corrected chi connectivity index (χ0v) is 11.2. The number of carbonyl (C=O) groups excluding carboxylic acids is 1. The van der Waals surface area contributed by atoms with Crippen molar-refractivity contribution in [2.24, 2.45) is 0 Å². The maximum absolute atomic E-state index is 11.0. The lowest BCUT2D eigenvalue weighted by Crippen LogP contribution is -2.01. The predicted molar refractivity (Wildman–Crippen MR) is 68.3 cm³/mol. The largest absolute Gasteiger partial charge is 0.469 e. The van der Waals surface area contributed by atoms with Gasteiger partial charge in [0.1, 0.15) is 0 Å². The number of rotatable bonds is 4. The highest BCUT2D eigenvalue weighted by Gasteiger charge is 2.09. The van der Waals surface area contributed by atoms with E-state index in [-0.39, 0.29) is 5.97 Å². The van der Waals surface area contributed by atoms with Crippen molar-refractivity contribution in [1.82, 2.24) is 9.97 Å². The van der Waals surface area contributed by atoms with Crippen LogP contribution in [-0.2, 0) is 16.0 Å². The molecule has 0 radical (unpaired) electrons. The van der Waals surface area contributed by atoms with Crippen LogP contribution in [0, 0.1) is 6.92 Å². The van der Waals surface area contributed by atoms with Gasteiger partial charge >= 0.3 is 5.97 Å². The summed E-state index contributed by atoms with van der Waals surface area (Å²) in [5, 5.41) is 5.83. The molecule has 0 aliphatic rings. The number of nitrogens with zero attached hydrogens (tertiary/aromatic N) is 2. The molecule has 0 aliphatic carbocycles. The van der Waals surface area contributed by atoms with E-state index in [1.165, 1.54) is 7.11 Å². The maximum atomic E-state index is 11.0. The summed E-state index contributed by atoms with van der Waals surface area (Å²) in [5.41, 5.74) is 1.93. The number of hydrogen-bond acceptors (Lipinski definition) is 6. The van der Waals surface area contributed by atoms with Crippen molar-refractivity contribution in [3.63, 3.8) is 0 Å². The fourth-order valence-corrected chi connectivity index (χ4v) is 3.01. The molecule has 2 aromatic rings. The number of aryl methyl sites for hydroxylation is 2. The third-order valence-corrected chi connectivity index (χ3v) is 4.16.